The first-order chi connectivity index (χ1) is 3.93. The van der Waals surface area contributed by atoms with E-state index < -0.39 is 0 Å². The quantitative estimate of drug-likeness (QED) is 0.515. The van der Waals surface area contributed by atoms with Crippen molar-refractivity contribution in [3.05, 3.63) is 0 Å². The lowest BCUT2D eigenvalue weighted by atomic mass is 10.2. The fourth-order valence-corrected chi connectivity index (χ4v) is 0.842. The molecule has 0 saturated carbocycles. The molecule has 0 radical (unpaired) electrons. The number of hydrogen-bond donors (Lipinski definition) is 3. The summed E-state index contributed by atoms with van der Waals surface area (Å²) in [6.07, 6.45) is 0. The van der Waals surface area contributed by atoms with Crippen LogP contribution in [0.2, 0.25) is 0 Å². The van der Waals surface area contributed by atoms with Crippen LogP contribution in [0.3, 0.4) is 0 Å². The van der Waals surface area contributed by atoms with Gasteiger partial charge in [-0.05, 0) is 0 Å². The number of piperazine rings is 1. The summed E-state index contributed by atoms with van der Waals surface area (Å²) in [6.45, 7) is 3.14. The Morgan fingerprint density at radius 2 is 2.00 bits per heavy atom. The first-order valence-corrected chi connectivity index (χ1v) is 2.98. The first kappa shape index (κ1) is 13.1. The van der Waals surface area contributed by atoms with Crippen LogP contribution in [0.5, 0.6) is 0 Å². The highest BCUT2D eigenvalue weighted by atomic mass is 35.5. The summed E-state index contributed by atoms with van der Waals surface area (Å²) in [5.41, 5.74) is 0. The Hall–Kier alpha value is 0.460. The van der Waals surface area contributed by atoms with Crippen molar-refractivity contribution in [3.63, 3.8) is 0 Å². The molecule has 3 N–H and O–H groups in total. The van der Waals surface area contributed by atoms with Gasteiger partial charge in [-0.25, -0.2) is 0 Å². The third-order valence-corrected chi connectivity index (χ3v) is 1.35. The van der Waals surface area contributed by atoms with E-state index in [1.807, 2.05) is 0 Å². The van der Waals surface area contributed by atoms with Gasteiger partial charge in [-0.1, -0.05) is 0 Å². The second-order valence-corrected chi connectivity index (χ2v) is 2.04. The van der Waals surface area contributed by atoms with Gasteiger partial charge < -0.3 is 15.7 Å². The summed E-state index contributed by atoms with van der Waals surface area (Å²) in [5.74, 6) is 0. The molecule has 0 aromatic rings. The van der Waals surface area contributed by atoms with Crippen molar-refractivity contribution in [2.45, 2.75) is 6.04 Å². The van der Waals surface area contributed by atoms with Gasteiger partial charge in [-0.3, -0.25) is 0 Å². The van der Waals surface area contributed by atoms with Gasteiger partial charge in [0.05, 0.1) is 6.61 Å². The Kier molecular flexibility index (Phi) is 9.90. The fourth-order valence-electron chi connectivity index (χ4n) is 0.842. The molecule has 0 aromatic heterocycles. The van der Waals surface area contributed by atoms with Gasteiger partial charge in [-0.15, -0.1) is 24.8 Å². The molecule has 0 amide bonds. The summed E-state index contributed by atoms with van der Waals surface area (Å²) in [5, 5.41) is 14.9. The van der Waals surface area contributed by atoms with Crippen LogP contribution in [0.15, 0.2) is 0 Å². The average Bonchev–Trinajstić information content (AvgIpc) is 1.90. The van der Waals surface area contributed by atoms with E-state index in [-0.39, 0.29) is 37.5 Å². The van der Waals surface area contributed by atoms with E-state index in [0.29, 0.717) is 0 Å². The lowest BCUT2D eigenvalue weighted by Crippen LogP contribution is -2.49. The van der Waals surface area contributed by atoms with Crippen molar-refractivity contribution in [2.75, 3.05) is 26.2 Å². The molecule has 1 unspecified atom stereocenters. The van der Waals surface area contributed by atoms with Crippen LogP contribution in [-0.4, -0.2) is 37.4 Å². The molecule has 10 heavy (non-hydrogen) atoms. The Morgan fingerprint density at radius 1 is 1.30 bits per heavy atom. The monoisotopic (exact) mass is 188 g/mol. The highest BCUT2D eigenvalue weighted by molar-refractivity contribution is 5.85. The molecule has 0 aliphatic carbocycles. The maximum Gasteiger partial charge on any atom is 0.0597 e. The first-order valence-electron chi connectivity index (χ1n) is 2.98. The van der Waals surface area contributed by atoms with Crippen molar-refractivity contribution < 1.29 is 5.11 Å². The molecule has 1 aliphatic heterocycles. The molecule has 0 spiro atoms. The van der Waals surface area contributed by atoms with E-state index in [1.165, 1.54) is 0 Å². The smallest absolute Gasteiger partial charge is 0.0597 e. The van der Waals surface area contributed by atoms with Crippen LogP contribution in [0, 0.1) is 0 Å². The zero-order chi connectivity index (χ0) is 5.82. The molecule has 1 heterocycles. The zero-order valence-corrected chi connectivity index (χ0v) is 7.30. The van der Waals surface area contributed by atoms with Crippen molar-refractivity contribution in [3.8, 4) is 0 Å². The summed E-state index contributed by atoms with van der Waals surface area (Å²) in [6, 6.07) is 0.281. The highest BCUT2D eigenvalue weighted by Crippen LogP contribution is 1.82. The van der Waals surface area contributed by atoms with Crippen LogP contribution < -0.4 is 10.6 Å². The molecule has 0 bridgehead atoms. The zero-order valence-electron chi connectivity index (χ0n) is 5.67. The fraction of sp³-hybridized carbons (Fsp3) is 1.00. The van der Waals surface area contributed by atoms with Crippen LogP contribution >= 0.6 is 24.8 Å². The molecule has 0 aromatic carbocycles. The molecular weight excluding hydrogens is 175 g/mol. The van der Waals surface area contributed by atoms with E-state index in [1.54, 1.807) is 0 Å². The largest absolute Gasteiger partial charge is 0.395 e. The van der Waals surface area contributed by atoms with Gasteiger partial charge in [0, 0.05) is 25.7 Å². The van der Waals surface area contributed by atoms with E-state index in [4.69, 9.17) is 5.11 Å². The van der Waals surface area contributed by atoms with Gasteiger partial charge in [0.2, 0.25) is 0 Å². The number of nitrogens with one attached hydrogen (secondary N) is 2. The van der Waals surface area contributed by atoms with Gasteiger partial charge in [0.25, 0.3) is 0 Å². The van der Waals surface area contributed by atoms with Crippen LogP contribution in [0.4, 0.5) is 0 Å². The van der Waals surface area contributed by atoms with Crippen molar-refractivity contribution in [1.29, 1.82) is 0 Å². The molecular formula is C5H14Cl2N2O. The Bertz CT molecular complexity index is 68.7. The molecule has 64 valence electrons. The predicted molar refractivity (Wildman–Crippen MR) is 46.2 cm³/mol. The average molecular weight is 189 g/mol. The number of aliphatic hydroxyl groups is 1. The minimum absolute atomic E-state index is 0. The second kappa shape index (κ2) is 7.57. The van der Waals surface area contributed by atoms with Crippen LogP contribution in [0.25, 0.3) is 0 Å². The molecule has 1 aliphatic rings. The third-order valence-electron chi connectivity index (χ3n) is 1.35. The van der Waals surface area contributed by atoms with Crippen molar-refractivity contribution >= 4 is 24.8 Å². The molecule has 3 nitrogen and oxygen atoms in total. The minimum Gasteiger partial charge on any atom is -0.395 e. The highest BCUT2D eigenvalue weighted by Gasteiger charge is 2.08. The molecule has 1 rings (SSSR count). The number of rotatable bonds is 1. The maximum atomic E-state index is 8.59. The second-order valence-electron chi connectivity index (χ2n) is 2.04. The van der Waals surface area contributed by atoms with E-state index in [0.717, 1.165) is 19.6 Å². The van der Waals surface area contributed by atoms with Gasteiger partial charge in [-0.2, -0.15) is 0 Å². The SMILES string of the molecule is Cl.Cl.OCC1CNCCN1. The van der Waals surface area contributed by atoms with Crippen LogP contribution in [-0.2, 0) is 0 Å². The molecule has 1 saturated heterocycles. The van der Waals surface area contributed by atoms with E-state index >= 15 is 0 Å². The van der Waals surface area contributed by atoms with Crippen LogP contribution in [0.1, 0.15) is 0 Å². The summed E-state index contributed by atoms with van der Waals surface area (Å²) >= 11 is 0. The Balaban J connectivity index is 0. The maximum absolute atomic E-state index is 8.59. The normalized spacial score (nSPS) is 24.3. The Labute approximate surface area is 73.4 Å². The third kappa shape index (κ3) is 4.30. The number of aliphatic hydroxyl groups excluding tert-OH is 1. The van der Waals surface area contributed by atoms with E-state index in [9.17, 15) is 0 Å². The van der Waals surface area contributed by atoms with Crippen molar-refractivity contribution in [2.24, 2.45) is 0 Å². The Morgan fingerprint density at radius 3 is 2.30 bits per heavy atom. The molecule has 1 fully saturated rings. The number of halogens is 2. The topological polar surface area (TPSA) is 44.3 Å². The van der Waals surface area contributed by atoms with Gasteiger partial charge >= 0.3 is 0 Å². The lowest BCUT2D eigenvalue weighted by Gasteiger charge is -2.21. The number of hydrogen-bond acceptors (Lipinski definition) is 3. The molecule has 5 heteroatoms. The minimum atomic E-state index is 0. The summed E-state index contributed by atoms with van der Waals surface area (Å²) in [7, 11) is 0. The van der Waals surface area contributed by atoms with E-state index in [2.05, 4.69) is 10.6 Å². The van der Waals surface area contributed by atoms with Gasteiger partial charge in [0.15, 0.2) is 0 Å². The standard InChI is InChI=1S/C5H12N2O.2ClH/c8-4-5-3-6-1-2-7-5;;/h5-8H,1-4H2;2*1H. The summed E-state index contributed by atoms with van der Waals surface area (Å²) in [4.78, 5) is 0. The lowest BCUT2D eigenvalue weighted by molar-refractivity contribution is 0.227. The summed E-state index contributed by atoms with van der Waals surface area (Å²) < 4.78 is 0. The molecule has 1 atom stereocenters. The van der Waals surface area contributed by atoms with Crippen molar-refractivity contribution in [1.82, 2.24) is 10.6 Å². The van der Waals surface area contributed by atoms with Gasteiger partial charge in [0.1, 0.15) is 0 Å². The predicted octanol–water partition coefficient (Wildman–Crippen LogP) is -0.616.